The van der Waals surface area contributed by atoms with Gasteiger partial charge in [0.1, 0.15) is 0 Å². The van der Waals surface area contributed by atoms with E-state index in [-0.39, 0.29) is 11.5 Å². The molecule has 4 nitrogen and oxygen atoms in total. The molecular formula is C14H23NO3S2. The number of hydrogen-bond donors (Lipinski definition) is 2. The molecule has 1 heterocycles. The minimum Gasteiger partial charge on any atom is -0.391 e. The summed E-state index contributed by atoms with van der Waals surface area (Å²) in [5, 5.41) is 10.9. The van der Waals surface area contributed by atoms with Gasteiger partial charge in [-0.2, -0.15) is 0 Å². The van der Waals surface area contributed by atoms with E-state index in [1.165, 1.54) is 30.6 Å². The summed E-state index contributed by atoms with van der Waals surface area (Å²) in [5.41, 5.74) is 0. The van der Waals surface area contributed by atoms with Gasteiger partial charge in [-0.3, -0.25) is 0 Å². The minimum absolute atomic E-state index is 0.227. The van der Waals surface area contributed by atoms with Gasteiger partial charge in [0, 0.05) is 11.4 Å². The Hall–Kier alpha value is -0.430. The Bertz CT molecular complexity index is 516. The van der Waals surface area contributed by atoms with E-state index in [4.69, 9.17) is 5.11 Å². The second-order valence-corrected chi connectivity index (χ2v) is 8.25. The normalized spacial score (nSPS) is 23.9. The van der Waals surface area contributed by atoms with Crippen LogP contribution in [-0.4, -0.2) is 20.1 Å². The summed E-state index contributed by atoms with van der Waals surface area (Å²) >= 11 is 1.27. The minimum atomic E-state index is -3.48. The molecule has 0 aliphatic heterocycles. The summed E-state index contributed by atoms with van der Waals surface area (Å²) in [6.45, 7) is 2.51. The molecule has 1 fully saturated rings. The van der Waals surface area contributed by atoms with Gasteiger partial charge in [0.2, 0.25) is 10.0 Å². The lowest BCUT2D eigenvalue weighted by Gasteiger charge is -2.27. The SMILES string of the molecule is CCC1CCC(CNS(=O)(=O)c2ccsc2CO)CC1. The first-order chi connectivity index (χ1) is 9.56. The maximum Gasteiger partial charge on any atom is 0.241 e. The third kappa shape index (κ3) is 3.81. The molecule has 6 heteroatoms. The molecule has 1 aliphatic rings. The number of aliphatic hydroxyl groups is 1. The monoisotopic (exact) mass is 317 g/mol. The van der Waals surface area contributed by atoms with Crippen molar-refractivity contribution in [3.05, 3.63) is 16.3 Å². The average molecular weight is 317 g/mol. The highest BCUT2D eigenvalue weighted by Crippen LogP contribution is 2.30. The third-order valence-corrected chi connectivity index (χ3v) is 6.79. The van der Waals surface area contributed by atoms with Crippen LogP contribution < -0.4 is 4.72 Å². The van der Waals surface area contributed by atoms with Gasteiger partial charge in [0.25, 0.3) is 0 Å². The van der Waals surface area contributed by atoms with Gasteiger partial charge in [-0.25, -0.2) is 13.1 Å². The molecule has 0 unspecified atom stereocenters. The van der Waals surface area contributed by atoms with Gasteiger partial charge in [0.15, 0.2) is 0 Å². The summed E-state index contributed by atoms with van der Waals surface area (Å²) in [5.74, 6) is 1.27. The van der Waals surface area contributed by atoms with Crippen LogP contribution in [0.15, 0.2) is 16.3 Å². The van der Waals surface area contributed by atoms with E-state index < -0.39 is 10.0 Å². The lowest BCUT2D eigenvalue weighted by molar-refractivity contribution is 0.270. The van der Waals surface area contributed by atoms with Gasteiger partial charge >= 0.3 is 0 Å². The summed E-state index contributed by atoms with van der Waals surface area (Å²) in [7, 11) is -3.48. The summed E-state index contributed by atoms with van der Waals surface area (Å²) in [4.78, 5) is 0.736. The predicted molar refractivity (Wildman–Crippen MR) is 81.2 cm³/mol. The van der Waals surface area contributed by atoms with Gasteiger partial charge in [-0.05, 0) is 36.1 Å². The van der Waals surface area contributed by atoms with Crippen LogP contribution in [0.4, 0.5) is 0 Å². The van der Waals surface area contributed by atoms with Gasteiger partial charge in [0.05, 0.1) is 11.5 Å². The first kappa shape index (κ1) is 15.9. The number of aliphatic hydroxyl groups excluding tert-OH is 1. The smallest absolute Gasteiger partial charge is 0.241 e. The molecule has 20 heavy (non-hydrogen) atoms. The predicted octanol–water partition coefficient (Wildman–Crippen LogP) is 2.74. The number of thiophene rings is 1. The molecule has 2 rings (SSSR count). The van der Waals surface area contributed by atoms with E-state index in [9.17, 15) is 8.42 Å². The van der Waals surface area contributed by atoms with Crippen molar-refractivity contribution in [2.75, 3.05) is 6.54 Å². The first-order valence-electron chi connectivity index (χ1n) is 7.23. The fourth-order valence-electron chi connectivity index (χ4n) is 2.83. The molecule has 0 atom stereocenters. The highest BCUT2D eigenvalue weighted by molar-refractivity contribution is 7.89. The number of hydrogen-bond acceptors (Lipinski definition) is 4. The fraction of sp³-hybridized carbons (Fsp3) is 0.714. The van der Waals surface area contributed by atoms with Crippen LogP contribution >= 0.6 is 11.3 Å². The third-order valence-electron chi connectivity index (χ3n) is 4.24. The van der Waals surface area contributed by atoms with Crippen molar-refractivity contribution in [2.24, 2.45) is 11.8 Å². The van der Waals surface area contributed by atoms with E-state index in [1.807, 2.05) is 0 Å². The van der Waals surface area contributed by atoms with Crippen LogP contribution in [0.1, 0.15) is 43.9 Å². The van der Waals surface area contributed by atoms with Crippen molar-refractivity contribution >= 4 is 21.4 Å². The van der Waals surface area contributed by atoms with Crippen molar-refractivity contribution in [3.8, 4) is 0 Å². The topological polar surface area (TPSA) is 66.4 Å². The Kier molecular flexibility index (Phi) is 5.60. The largest absolute Gasteiger partial charge is 0.391 e. The lowest BCUT2D eigenvalue weighted by atomic mass is 9.81. The van der Waals surface area contributed by atoms with E-state index in [0.717, 1.165) is 18.8 Å². The molecule has 0 amide bonds. The van der Waals surface area contributed by atoms with Crippen LogP contribution in [0.25, 0.3) is 0 Å². The highest BCUT2D eigenvalue weighted by atomic mass is 32.2. The summed E-state index contributed by atoms with van der Waals surface area (Å²) in [6.07, 6.45) is 5.87. The number of sulfonamides is 1. The Labute approximate surface area is 125 Å². The Morgan fingerprint density at radius 3 is 2.55 bits per heavy atom. The van der Waals surface area contributed by atoms with Crippen LogP contribution in [0.3, 0.4) is 0 Å². The molecule has 1 aromatic rings. The molecule has 0 radical (unpaired) electrons. The molecule has 1 aromatic heterocycles. The summed E-state index contributed by atoms with van der Waals surface area (Å²) < 4.78 is 27.1. The molecule has 2 N–H and O–H groups in total. The highest BCUT2D eigenvalue weighted by Gasteiger charge is 2.24. The molecule has 0 saturated heterocycles. The molecule has 0 aromatic carbocycles. The van der Waals surface area contributed by atoms with Crippen LogP contribution in [0.5, 0.6) is 0 Å². The van der Waals surface area contributed by atoms with Crippen molar-refractivity contribution in [3.63, 3.8) is 0 Å². The van der Waals surface area contributed by atoms with E-state index in [0.29, 0.717) is 17.3 Å². The maximum atomic E-state index is 12.2. The molecular weight excluding hydrogens is 294 g/mol. The van der Waals surface area contributed by atoms with E-state index >= 15 is 0 Å². The number of rotatable bonds is 6. The van der Waals surface area contributed by atoms with Crippen molar-refractivity contribution in [2.45, 2.75) is 50.5 Å². The molecule has 1 saturated carbocycles. The van der Waals surface area contributed by atoms with Crippen LogP contribution in [0.2, 0.25) is 0 Å². The van der Waals surface area contributed by atoms with Crippen LogP contribution in [-0.2, 0) is 16.6 Å². The summed E-state index contributed by atoms with van der Waals surface area (Å²) in [6, 6.07) is 1.56. The van der Waals surface area contributed by atoms with Crippen molar-refractivity contribution in [1.82, 2.24) is 4.72 Å². The van der Waals surface area contributed by atoms with Crippen molar-refractivity contribution in [1.29, 1.82) is 0 Å². The Morgan fingerprint density at radius 2 is 1.95 bits per heavy atom. The first-order valence-corrected chi connectivity index (χ1v) is 9.60. The van der Waals surface area contributed by atoms with Gasteiger partial charge in [-0.15, -0.1) is 11.3 Å². The Morgan fingerprint density at radius 1 is 1.30 bits per heavy atom. The van der Waals surface area contributed by atoms with Gasteiger partial charge < -0.3 is 5.11 Å². The maximum absolute atomic E-state index is 12.2. The lowest BCUT2D eigenvalue weighted by Crippen LogP contribution is -2.31. The second kappa shape index (κ2) is 7.02. The average Bonchev–Trinajstić information content (AvgIpc) is 2.95. The second-order valence-electron chi connectivity index (χ2n) is 5.51. The standard InChI is InChI=1S/C14H23NO3S2/c1-2-11-3-5-12(6-4-11)9-15-20(17,18)14-7-8-19-13(14)10-16/h7-8,11-12,15-16H,2-6,9-10H2,1H3. The Balaban J connectivity index is 1.90. The fourth-order valence-corrected chi connectivity index (χ4v) is 5.24. The molecule has 1 aliphatic carbocycles. The molecule has 0 spiro atoms. The van der Waals surface area contributed by atoms with Crippen molar-refractivity contribution < 1.29 is 13.5 Å². The quantitative estimate of drug-likeness (QED) is 0.848. The van der Waals surface area contributed by atoms with Gasteiger partial charge in [-0.1, -0.05) is 26.2 Å². The zero-order valence-electron chi connectivity index (χ0n) is 11.8. The molecule has 0 bridgehead atoms. The zero-order chi connectivity index (χ0) is 14.6. The molecule has 114 valence electrons. The zero-order valence-corrected chi connectivity index (χ0v) is 13.5. The van der Waals surface area contributed by atoms with Crippen LogP contribution in [0, 0.1) is 11.8 Å². The number of nitrogens with one attached hydrogen (secondary N) is 1. The van der Waals surface area contributed by atoms with E-state index in [2.05, 4.69) is 11.6 Å². The van der Waals surface area contributed by atoms with E-state index in [1.54, 1.807) is 11.4 Å².